The Hall–Kier alpha value is -1.40. The van der Waals surface area contributed by atoms with Gasteiger partial charge < -0.3 is 20.3 Å². The fourth-order valence-electron chi connectivity index (χ4n) is 2.06. The van der Waals surface area contributed by atoms with Crippen LogP contribution < -0.4 is 5.32 Å². The fourth-order valence-corrected chi connectivity index (χ4v) is 2.06. The van der Waals surface area contributed by atoms with Gasteiger partial charge in [0.15, 0.2) is 0 Å². The van der Waals surface area contributed by atoms with Gasteiger partial charge in [0.05, 0.1) is 25.0 Å². The van der Waals surface area contributed by atoms with Crippen LogP contribution in [-0.4, -0.2) is 48.5 Å². The van der Waals surface area contributed by atoms with Gasteiger partial charge in [0.25, 0.3) is 0 Å². The van der Waals surface area contributed by atoms with Crippen LogP contribution in [0, 0.1) is 11.8 Å². The number of hydrogen-bond donors (Lipinski definition) is 3. The topological polar surface area (TPSA) is 95.9 Å². The molecule has 0 aromatic heterocycles. The lowest BCUT2D eigenvalue weighted by molar-refractivity contribution is -0.147. The van der Waals surface area contributed by atoms with Crippen molar-refractivity contribution in [2.45, 2.75) is 19.3 Å². The first-order valence-electron chi connectivity index (χ1n) is 6.51. The summed E-state index contributed by atoms with van der Waals surface area (Å²) in [6.07, 6.45) is 5.20. The second-order valence-electron chi connectivity index (χ2n) is 4.47. The first-order valence-corrected chi connectivity index (χ1v) is 6.51. The Bertz CT molecular complexity index is 329. The highest BCUT2D eigenvalue weighted by Crippen LogP contribution is 2.25. The van der Waals surface area contributed by atoms with Gasteiger partial charge >= 0.3 is 5.97 Å². The van der Waals surface area contributed by atoms with Gasteiger partial charge in [-0.3, -0.25) is 9.59 Å². The van der Waals surface area contributed by atoms with E-state index in [9.17, 15) is 9.59 Å². The smallest absolute Gasteiger partial charge is 0.307 e. The van der Waals surface area contributed by atoms with Crippen LogP contribution in [0.4, 0.5) is 0 Å². The summed E-state index contributed by atoms with van der Waals surface area (Å²) in [6.45, 7) is 1.20. The summed E-state index contributed by atoms with van der Waals surface area (Å²) in [6, 6.07) is 0. The molecule has 0 spiro atoms. The minimum Gasteiger partial charge on any atom is -0.481 e. The summed E-state index contributed by atoms with van der Waals surface area (Å²) in [5.74, 6) is -2.24. The summed E-state index contributed by atoms with van der Waals surface area (Å²) in [7, 11) is 0. The predicted molar refractivity (Wildman–Crippen MR) is 68.5 cm³/mol. The number of nitrogens with one attached hydrogen (secondary N) is 1. The van der Waals surface area contributed by atoms with Crippen molar-refractivity contribution in [3.05, 3.63) is 12.2 Å². The van der Waals surface area contributed by atoms with Gasteiger partial charge in [-0.15, -0.1) is 0 Å². The van der Waals surface area contributed by atoms with E-state index < -0.39 is 17.8 Å². The number of carbonyl (C=O) groups excluding carboxylic acids is 1. The molecule has 0 saturated heterocycles. The quantitative estimate of drug-likeness (QED) is 0.432. The van der Waals surface area contributed by atoms with Gasteiger partial charge in [-0.1, -0.05) is 12.2 Å². The Balaban J connectivity index is 2.27. The summed E-state index contributed by atoms with van der Waals surface area (Å²) >= 11 is 0. The number of rotatable bonds is 8. The van der Waals surface area contributed by atoms with E-state index in [2.05, 4.69) is 5.32 Å². The number of allylic oxidation sites excluding steroid dienone is 2. The van der Waals surface area contributed by atoms with E-state index in [-0.39, 0.29) is 12.5 Å². The molecular weight excluding hydrogens is 250 g/mol. The van der Waals surface area contributed by atoms with E-state index in [1.807, 2.05) is 12.2 Å². The molecule has 0 unspecified atom stereocenters. The Morgan fingerprint density at radius 2 is 1.89 bits per heavy atom. The average molecular weight is 271 g/mol. The van der Waals surface area contributed by atoms with Crippen molar-refractivity contribution < 1.29 is 24.5 Å². The van der Waals surface area contributed by atoms with E-state index in [0.717, 1.165) is 0 Å². The molecule has 0 saturated carbocycles. The molecule has 0 aromatic carbocycles. The van der Waals surface area contributed by atoms with Crippen LogP contribution >= 0.6 is 0 Å². The van der Waals surface area contributed by atoms with E-state index in [1.165, 1.54) is 0 Å². The highest BCUT2D eigenvalue weighted by molar-refractivity contribution is 5.85. The average Bonchev–Trinajstić information content (AvgIpc) is 2.42. The van der Waals surface area contributed by atoms with E-state index in [4.69, 9.17) is 14.9 Å². The Labute approximate surface area is 112 Å². The molecule has 6 nitrogen and oxygen atoms in total. The van der Waals surface area contributed by atoms with Crippen molar-refractivity contribution in [2.75, 3.05) is 26.4 Å². The predicted octanol–water partition coefficient (Wildman–Crippen LogP) is 0.169. The van der Waals surface area contributed by atoms with Gasteiger partial charge in [-0.25, -0.2) is 0 Å². The molecule has 0 fully saturated rings. The third kappa shape index (κ3) is 5.40. The van der Waals surface area contributed by atoms with Crippen molar-refractivity contribution in [1.82, 2.24) is 5.32 Å². The number of hydrogen-bond acceptors (Lipinski definition) is 4. The lowest BCUT2D eigenvalue weighted by Crippen LogP contribution is -2.39. The van der Waals surface area contributed by atoms with Crippen molar-refractivity contribution in [3.8, 4) is 0 Å². The molecule has 108 valence electrons. The number of carboxylic acid groups (broad SMARTS) is 1. The van der Waals surface area contributed by atoms with Crippen molar-refractivity contribution in [3.63, 3.8) is 0 Å². The molecule has 1 amide bonds. The number of carboxylic acids is 1. The molecule has 0 aromatic rings. The van der Waals surface area contributed by atoms with Crippen LogP contribution in [0.25, 0.3) is 0 Å². The van der Waals surface area contributed by atoms with Gasteiger partial charge in [-0.05, 0) is 19.3 Å². The number of carbonyl (C=O) groups is 2. The molecule has 1 aliphatic rings. The summed E-state index contributed by atoms with van der Waals surface area (Å²) in [5, 5.41) is 20.3. The van der Waals surface area contributed by atoms with Crippen LogP contribution in [0.15, 0.2) is 12.2 Å². The minimum absolute atomic E-state index is 0.0128. The van der Waals surface area contributed by atoms with Crippen LogP contribution in [-0.2, 0) is 14.3 Å². The number of aliphatic hydroxyl groups is 1. The molecule has 0 bridgehead atoms. The maximum atomic E-state index is 11.9. The second-order valence-corrected chi connectivity index (χ2v) is 4.47. The van der Waals surface area contributed by atoms with Crippen LogP contribution in [0.3, 0.4) is 0 Å². The van der Waals surface area contributed by atoms with Crippen molar-refractivity contribution in [2.24, 2.45) is 11.8 Å². The zero-order valence-electron chi connectivity index (χ0n) is 10.9. The molecule has 0 aliphatic heterocycles. The largest absolute Gasteiger partial charge is 0.481 e. The molecule has 0 heterocycles. The Morgan fingerprint density at radius 1 is 1.21 bits per heavy atom. The monoisotopic (exact) mass is 271 g/mol. The summed E-state index contributed by atoms with van der Waals surface area (Å²) < 4.78 is 5.06. The SMILES string of the molecule is O=C(O)[C@H]1CC=CC[C@H]1C(=O)NCCCOCCO. The molecule has 1 rings (SSSR count). The minimum atomic E-state index is -0.921. The second kappa shape index (κ2) is 8.66. The molecule has 2 atom stereocenters. The van der Waals surface area contributed by atoms with Crippen molar-refractivity contribution >= 4 is 11.9 Å². The number of amides is 1. The normalized spacial score (nSPS) is 22.2. The zero-order valence-corrected chi connectivity index (χ0v) is 10.9. The molecule has 3 N–H and O–H groups in total. The zero-order chi connectivity index (χ0) is 14.1. The van der Waals surface area contributed by atoms with Gasteiger partial charge in [-0.2, -0.15) is 0 Å². The first-order chi connectivity index (χ1) is 9.16. The van der Waals surface area contributed by atoms with E-state index in [0.29, 0.717) is 39.0 Å². The van der Waals surface area contributed by atoms with Crippen molar-refractivity contribution in [1.29, 1.82) is 0 Å². The third-order valence-corrected chi connectivity index (χ3v) is 3.09. The maximum absolute atomic E-state index is 11.9. The highest BCUT2D eigenvalue weighted by Gasteiger charge is 2.33. The van der Waals surface area contributed by atoms with Crippen LogP contribution in [0.1, 0.15) is 19.3 Å². The number of aliphatic hydroxyl groups excluding tert-OH is 1. The summed E-state index contributed by atoms with van der Waals surface area (Å²) in [4.78, 5) is 23.0. The molecule has 0 radical (unpaired) electrons. The van der Waals surface area contributed by atoms with E-state index >= 15 is 0 Å². The Kier molecular flexibility index (Phi) is 7.14. The molecule has 1 aliphatic carbocycles. The molecule has 6 heteroatoms. The van der Waals surface area contributed by atoms with Gasteiger partial charge in [0.1, 0.15) is 0 Å². The first kappa shape index (κ1) is 15.7. The molecule has 19 heavy (non-hydrogen) atoms. The lowest BCUT2D eigenvalue weighted by atomic mass is 9.82. The van der Waals surface area contributed by atoms with Crippen LogP contribution in [0.5, 0.6) is 0 Å². The number of aliphatic carboxylic acids is 1. The van der Waals surface area contributed by atoms with Gasteiger partial charge in [0, 0.05) is 13.2 Å². The number of ether oxygens (including phenoxy) is 1. The van der Waals surface area contributed by atoms with E-state index in [1.54, 1.807) is 0 Å². The van der Waals surface area contributed by atoms with Crippen LogP contribution in [0.2, 0.25) is 0 Å². The standard InChI is InChI=1S/C13H21NO5/c15-7-9-19-8-3-6-14-12(16)10-4-1-2-5-11(10)13(17)18/h1-2,10-11,15H,3-9H2,(H,14,16)(H,17,18)/t10-,11+/m1/s1. The lowest BCUT2D eigenvalue weighted by Gasteiger charge is -2.24. The highest BCUT2D eigenvalue weighted by atomic mass is 16.5. The third-order valence-electron chi connectivity index (χ3n) is 3.09. The maximum Gasteiger partial charge on any atom is 0.307 e. The Morgan fingerprint density at radius 3 is 2.53 bits per heavy atom. The summed E-state index contributed by atoms with van der Waals surface area (Å²) in [5.41, 5.74) is 0. The van der Waals surface area contributed by atoms with Gasteiger partial charge in [0.2, 0.25) is 5.91 Å². The molecular formula is C13H21NO5. The fraction of sp³-hybridized carbons (Fsp3) is 0.692.